The Morgan fingerprint density at radius 3 is 1.01 bits per heavy atom. The van der Waals surface area contributed by atoms with Crippen molar-refractivity contribution in [1.82, 2.24) is 29.9 Å². The molecular weight excluding hydrogens is 1560 g/mol. The summed E-state index contributed by atoms with van der Waals surface area (Å²) in [5.41, 5.74) is -5.77. The van der Waals surface area contributed by atoms with Gasteiger partial charge in [-0.05, 0) is 145 Å². The Hall–Kier alpha value is -11.7. The smallest absolute Gasteiger partial charge is 0.355 e. The number of amides is 4. The molecule has 0 saturated carbocycles. The number of aliphatic carboxylic acids is 2. The molecule has 2 aliphatic heterocycles. The predicted octanol–water partition coefficient (Wildman–Crippen LogP) is 5.34. The van der Waals surface area contributed by atoms with Crippen LogP contribution in [0.15, 0.2) is 181 Å². The third-order valence-corrected chi connectivity index (χ3v) is 19.0. The van der Waals surface area contributed by atoms with Crippen LogP contribution in [-0.2, 0) is 79.9 Å². The lowest BCUT2D eigenvalue weighted by molar-refractivity contribution is -0.130. The molecule has 104 heavy (non-hydrogen) atoms. The lowest BCUT2D eigenvalue weighted by Crippen LogP contribution is -2.33. The number of urea groups is 1. The van der Waals surface area contributed by atoms with E-state index < -0.39 is 212 Å². The zero-order valence-electron chi connectivity index (χ0n) is 50.2. The molecule has 2 aliphatic rings. The Morgan fingerprint density at radius 1 is 0.394 bits per heavy atom. The number of anilines is 12. The second-order valence-electron chi connectivity index (χ2n) is 20.3. The molecule has 0 spiro atoms. The van der Waals surface area contributed by atoms with E-state index in [-0.39, 0.29) is 22.7 Å². The van der Waals surface area contributed by atoms with Crippen molar-refractivity contribution in [2.24, 2.45) is 30.7 Å². The molecule has 4 heterocycles. The Labute approximate surface area is 590 Å². The molecule has 45 nitrogen and oxygen atoms in total. The Kier molecular flexibility index (Phi) is 20.6. The van der Waals surface area contributed by atoms with Crippen LogP contribution in [0.25, 0.3) is 0 Å². The maximum absolute atomic E-state index is 13.4. The summed E-state index contributed by atoms with van der Waals surface area (Å²) in [6.45, 7) is 0. The molecule has 0 bridgehead atoms. The first kappa shape index (κ1) is 74.9. The molecular formula is C51H36Cl2N20O25S6. The summed E-state index contributed by atoms with van der Waals surface area (Å²) in [6, 6.07) is 13.1. The van der Waals surface area contributed by atoms with Crippen molar-refractivity contribution in [3.05, 3.63) is 132 Å². The molecule has 0 radical (unpaired) electrons. The van der Waals surface area contributed by atoms with Crippen molar-refractivity contribution in [2.75, 3.05) is 41.9 Å². The van der Waals surface area contributed by atoms with Gasteiger partial charge in [0, 0.05) is 11.4 Å². The number of halogens is 2. The zero-order chi connectivity index (χ0) is 75.9. The van der Waals surface area contributed by atoms with Gasteiger partial charge in [-0.15, -0.1) is 0 Å². The van der Waals surface area contributed by atoms with Gasteiger partial charge in [0.05, 0.1) is 55.3 Å². The summed E-state index contributed by atoms with van der Waals surface area (Å²) >= 11 is 12.3. The van der Waals surface area contributed by atoms with Crippen LogP contribution >= 0.6 is 23.2 Å². The summed E-state index contributed by atoms with van der Waals surface area (Å²) < 4.78 is 207. The van der Waals surface area contributed by atoms with Crippen LogP contribution in [0.5, 0.6) is 0 Å². The molecule has 0 saturated heterocycles. The minimum Gasteiger partial charge on any atom is -0.477 e. The molecule has 2 unspecified atom stereocenters. The third kappa shape index (κ3) is 17.6. The van der Waals surface area contributed by atoms with Gasteiger partial charge in [-0.25, -0.2) is 14.4 Å². The van der Waals surface area contributed by atoms with Crippen molar-refractivity contribution in [2.45, 2.75) is 41.5 Å². The summed E-state index contributed by atoms with van der Waals surface area (Å²) in [5.74, 6) is -8.29. The molecule has 4 amide bonds. The molecule has 8 aromatic rings. The maximum atomic E-state index is 13.4. The maximum Gasteiger partial charge on any atom is 0.355 e. The largest absolute Gasteiger partial charge is 0.477 e. The Bertz CT molecular complexity index is 5500. The van der Waals surface area contributed by atoms with Crippen LogP contribution in [0, 0.1) is 0 Å². The number of carbonyl (C=O) groups excluding carboxylic acids is 3. The number of carbonyl (C=O) groups is 5. The highest BCUT2D eigenvalue weighted by atomic mass is 35.5. The summed E-state index contributed by atoms with van der Waals surface area (Å²) in [5, 5.41) is 56.2. The SMILES string of the molecule is O=C(Nc1ccc(Nc2nc(Cl)nc(Nc3cc(N=NC4C(=O)N(c5ccc(S(=O)(=O)O)cc5)N=C4C(=O)O)ccc3S(=O)(=O)O)n2)c(S(=O)(=O)O)c1)Nc1ccc(Nc2nc(Cl)nc(Nc3cc(N=NC4C(=O)N(c5ccc(S(=O)(=O)O)cc5)N=C4C(=O)O)ccc3S(=O)(=O)O)n2)c(S(=O)(=O)O)c1. The van der Waals surface area contributed by atoms with Gasteiger partial charge in [-0.3, -0.25) is 36.9 Å². The standard InChI is InChI=1S/C51H36Cl2N20O25S6/c52-45-60-47(64-49(62-45)58-31-17-23(3-15-33(31)101(87,88)89)66-68-37-39(43(76)77)70-72(41(37)74)25-5-9-27(10-6-25)99(81,82)83)56-29-13-1-21(19-35(29)103(93,94)95)54-51(80)55-22-2-14-30(36(20-22)104(96,97)98)57-48-61-46(53)63-50(65-48)59-32-18-24(4-16-34(32)102(90,91)92)67-69-38-40(44(78)79)71-73(42(38)75)26-7-11-28(12-8-26)100(84,85)86/h1-20,37-38H,(H,76,77)(H,78,79)(H2,54,55,80)(H,81,82,83)(H,84,85,86)(H,87,88,89)(H,90,91,92)(H,93,94,95)(H,96,97,98)(H2,56,58,60,62,64)(H2,57,59,61,63,65). The second kappa shape index (κ2) is 28.6. The zero-order valence-corrected chi connectivity index (χ0v) is 56.6. The fourth-order valence-electron chi connectivity index (χ4n) is 8.89. The number of aromatic nitrogens is 6. The van der Waals surface area contributed by atoms with Crippen molar-refractivity contribution >= 4 is 206 Å². The lowest BCUT2D eigenvalue weighted by atomic mass is 10.2. The summed E-state index contributed by atoms with van der Waals surface area (Å²) in [7, 11) is -30.2. The molecule has 0 aliphatic carbocycles. The van der Waals surface area contributed by atoms with Crippen LogP contribution in [0.2, 0.25) is 10.6 Å². The van der Waals surface area contributed by atoms with E-state index in [9.17, 15) is 112 Å². The van der Waals surface area contributed by atoms with Gasteiger partial charge >= 0.3 is 18.0 Å². The lowest BCUT2D eigenvalue weighted by Gasteiger charge is -2.15. The van der Waals surface area contributed by atoms with E-state index >= 15 is 0 Å². The summed E-state index contributed by atoms with van der Waals surface area (Å²) in [4.78, 5) is 82.7. The number of benzene rings is 6. The van der Waals surface area contributed by atoms with Crippen molar-refractivity contribution in [3.8, 4) is 0 Å². The number of nitrogens with one attached hydrogen (secondary N) is 6. The number of hydrogen-bond donors (Lipinski definition) is 14. The van der Waals surface area contributed by atoms with Crippen LogP contribution in [-0.4, -0.2) is 171 Å². The number of rotatable bonds is 24. The quantitative estimate of drug-likeness (QED) is 0.0268. The number of nitrogens with zero attached hydrogens (tertiary/aromatic N) is 14. The number of hydrazone groups is 2. The molecule has 2 aromatic heterocycles. The fourth-order valence-corrected chi connectivity index (χ4v) is 12.8. The van der Waals surface area contributed by atoms with Crippen molar-refractivity contribution in [1.29, 1.82) is 0 Å². The van der Waals surface area contributed by atoms with Crippen LogP contribution in [0.4, 0.5) is 85.5 Å². The number of hydrogen-bond acceptors (Lipinski definition) is 33. The third-order valence-electron chi connectivity index (χ3n) is 13.3. The number of carboxylic acid groups (broad SMARTS) is 2. The predicted molar refractivity (Wildman–Crippen MR) is 355 cm³/mol. The van der Waals surface area contributed by atoms with Gasteiger partial charge in [-0.1, -0.05) is 0 Å². The first-order valence-corrected chi connectivity index (χ1v) is 36.6. The molecule has 14 N–H and O–H groups in total. The van der Waals surface area contributed by atoms with E-state index in [4.69, 9.17) is 23.2 Å². The van der Waals surface area contributed by atoms with Crippen molar-refractivity contribution in [3.63, 3.8) is 0 Å². The van der Waals surface area contributed by atoms with Gasteiger partial charge < -0.3 is 42.1 Å². The topological polar surface area (TPSA) is 682 Å². The van der Waals surface area contributed by atoms with E-state index in [0.29, 0.717) is 22.2 Å². The number of carboxylic acids is 2. The minimum atomic E-state index is -5.29. The highest BCUT2D eigenvalue weighted by Crippen LogP contribution is 2.36. The molecule has 10 rings (SSSR count). The fraction of sp³-hybridized carbons (Fsp3) is 0.0392. The highest BCUT2D eigenvalue weighted by molar-refractivity contribution is 7.87. The van der Waals surface area contributed by atoms with Crippen LogP contribution in [0.1, 0.15) is 0 Å². The first-order chi connectivity index (χ1) is 48.5. The van der Waals surface area contributed by atoms with Gasteiger partial charge in [0.25, 0.3) is 72.5 Å². The normalized spacial score (nSPS) is 15.2. The van der Waals surface area contributed by atoms with Crippen LogP contribution < -0.4 is 41.9 Å². The van der Waals surface area contributed by atoms with E-state index in [1.165, 1.54) is 0 Å². The molecule has 540 valence electrons. The Balaban J connectivity index is 0.825. The van der Waals surface area contributed by atoms with Gasteiger partial charge in [0.1, 0.15) is 19.6 Å². The molecule has 0 fully saturated rings. The van der Waals surface area contributed by atoms with E-state index in [1.54, 1.807) is 0 Å². The molecule has 53 heteroatoms. The van der Waals surface area contributed by atoms with E-state index in [1.807, 2.05) is 0 Å². The van der Waals surface area contributed by atoms with Crippen molar-refractivity contribution < 1.29 is 112 Å². The van der Waals surface area contributed by atoms with Gasteiger partial charge in [-0.2, -0.15) is 121 Å². The first-order valence-electron chi connectivity index (χ1n) is 27.2. The molecule has 6 aromatic carbocycles. The molecule has 2 atom stereocenters. The van der Waals surface area contributed by atoms with E-state index in [0.717, 1.165) is 109 Å². The van der Waals surface area contributed by atoms with E-state index in [2.05, 4.69) is 92.5 Å². The minimum absolute atomic E-state index is 0.157. The monoisotopic (exact) mass is 1590 g/mol. The highest BCUT2D eigenvalue weighted by Gasteiger charge is 2.43. The van der Waals surface area contributed by atoms with Crippen LogP contribution in [0.3, 0.4) is 0 Å². The van der Waals surface area contributed by atoms with Gasteiger partial charge in [0.2, 0.25) is 46.4 Å². The summed E-state index contributed by atoms with van der Waals surface area (Å²) in [6.07, 6.45) is 0. The average molecular weight is 1590 g/mol. The average Bonchev–Trinajstić information content (AvgIpc) is 1.43. The Morgan fingerprint density at radius 2 is 0.712 bits per heavy atom. The van der Waals surface area contributed by atoms with Gasteiger partial charge in [0.15, 0.2) is 11.4 Å². The second-order valence-corrected chi connectivity index (χ2v) is 29.4. The number of azo groups is 2.